The second kappa shape index (κ2) is 5.57. The molecule has 3 atom stereocenters. The van der Waals surface area contributed by atoms with E-state index in [4.69, 9.17) is 23.2 Å². The molecule has 1 fully saturated rings. The van der Waals surface area contributed by atoms with E-state index >= 15 is 0 Å². The number of para-hydroxylation sites is 1. The van der Waals surface area contributed by atoms with Gasteiger partial charge in [-0.2, -0.15) is 0 Å². The quantitative estimate of drug-likeness (QED) is 0.677. The third-order valence-electron chi connectivity index (χ3n) is 4.86. The molecule has 1 aromatic carbocycles. The van der Waals surface area contributed by atoms with Gasteiger partial charge in [0.1, 0.15) is 11.3 Å². The fourth-order valence-electron chi connectivity index (χ4n) is 3.51. The average Bonchev–Trinajstić information content (AvgIpc) is 2.82. The van der Waals surface area contributed by atoms with Gasteiger partial charge in [-0.15, -0.1) is 11.6 Å². The Labute approximate surface area is 130 Å². The fourth-order valence-corrected chi connectivity index (χ4v) is 3.91. The maximum atomic E-state index is 6.28. The lowest BCUT2D eigenvalue weighted by molar-refractivity contribution is 0.187. The zero-order valence-corrected chi connectivity index (χ0v) is 13.5. The first-order valence-electron chi connectivity index (χ1n) is 7.34. The molecule has 1 aliphatic carbocycles. The number of rotatable bonds is 2. The van der Waals surface area contributed by atoms with Gasteiger partial charge in [0, 0.05) is 6.04 Å². The third-order valence-corrected chi connectivity index (χ3v) is 5.40. The highest BCUT2D eigenvalue weighted by Crippen LogP contribution is 2.40. The predicted octanol–water partition coefficient (Wildman–Crippen LogP) is 5.43. The molecule has 0 bridgehead atoms. The molecule has 0 radical (unpaired) electrons. The van der Waals surface area contributed by atoms with E-state index < -0.39 is 0 Å². The molecule has 3 rings (SSSR count). The van der Waals surface area contributed by atoms with Crippen molar-refractivity contribution in [2.75, 3.05) is 0 Å². The first-order chi connectivity index (χ1) is 9.63. The maximum Gasteiger partial charge on any atom is 0.125 e. The third kappa shape index (κ3) is 2.23. The molecular formula is C16H20Cl2N2. The van der Waals surface area contributed by atoms with Crippen molar-refractivity contribution in [1.29, 1.82) is 0 Å². The van der Waals surface area contributed by atoms with Crippen molar-refractivity contribution in [1.82, 2.24) is 9.55 Å². The van der Waals surface area contributed by atoms with Crippen molar-refractivity contribution in [2.24, 2.45) is 11.8 Å². The van der Waals surface area contributed by atoms with Crippen LogP contribution in [0.4, 0.5) is 0 Å². The smallest absolute Gasteiger partial charge is 0.125 e. The Morgan fingerprint density at radius 1 is 1.30 bits per heavy atom. The van der Waals surface area contributed by atoms with Crippen molar-refractivity contribution in [2.45, 2.75) is 45.0 Å². The normalized spacial score (nSPS) is 27.1. The van der Waals surface area contributed by atoms with Crippen molar-refractivity contribution >= 4 is 34.2 Å². The molecule has 0 saturated heterocycles. The van der Waals surface area contributed by atoms with Crippen LogP contribution >= 0.6 is 23.2 Å². The van der Waals surface area contributed by atoms with Crippen LogP contribution in [0.15, 0.2) is 18.2 Å². The Morgan fingerprint density at radius 3 is 2.85 bits per heavy atom. The van der Waals surface area contributed by atoms with Gasteiger partial charge in [0.25, 0.3) is 0 Å². The molecule has 108 valence electrons. The summed E-state index contributed by atoms with van der Waals surface area (Å²) in [4.78, 5) is 4.66. The average molecular weight is 311 g/mol. The van der Waals surface area contributed by atoms with Crippen LogP contribution in [0.25, 0.3) is 11.0 Å². The number of halogens is 2. The van der Waals surface area contributed by atoms with E-state index in [2.05, 4.69) is 29.5 Å². The minimum absolute atomic E-state index is 0.433. The molecule has 0 N–H and O–H groups in total. The molecule has 1 aromatic heterocycles. The van der Waals surface area contributed by atoms with Gasteiger partial charge in [0.05, 0.1) is 16.4 Å². The van der Waals surface area contributed by atoms with Gasteiger partial charge < -0.3 is 4.57 Å². The Kier molecular flexibility index (Phi) is 3.96. The minimum atomic E-state index is 0.433. The van der Waals surface area contributed by atoms with Gasteiger partial charge in [-0.1, -0.05) is 44.4 Å². The lowest BCUT2D eigenvalue weighted by Gasteiger charge is -2.36. The number of imidazole rings is 1. The maximum absolute atomic E-state index is 6.28. The van der Waals surface area contributed by atoms with Gasteiger partial charge in [-0.3, -0.25) is 0 Å². The highest BCUT2D eigenvalue weighted by atomic mass is 35.5. The molecule has 2 nitrogen and oxygen atoms in total. The molecule has 1 heterocycles. The van der Waals surface area contributed by atoms with Gasteiger partial charge in [-0.25, -0.2) is 4.98 Å². The van der Waals surface area contributed by atoms with Crippen LogP contribution in [0.5, 0.6) is 0 Å². The fraction of sp³-hybridized carbons (Fsp3) is 0.562. The van der Waals surface area contributed by atoms with Crippen molar-refractivity contribution < 1.29 is 0 Å². The van der Waals surface area contributed by atoms with E-state index in [1.165, 1.54) is 19.3 Å². The van der Waals surface area contributed by atoms with Crippen LogP contribution in [0, 0.1) is 11.8 Å². The second-order valence-corrected chi connectivity index (χ2v) is 6.65. The molecule has 2 aromatic rings. The van der Waals surface area contributed by atoms with Gasteiger partial charge >= 0.3 is 0 Å². The monoisotopic (exact) mass is 310 g/mol. The summed E-state index contributed by atoms with van der Waals surface area (Å²) in [6.07, 6.45) is 3.80. The predicted molar refractivity (Wildman–Crippen MR) is 85.5 cm³/mol. The molecule has 1 saturated carbocycles. The van der Waals surface area contributed by atoms with Crippen molar-refractivity contribution in [3.8, 4) is 0 Å². The second-order valence-electron chi connectivity index (χ2n) is 5.97. The molecule has 4 heteroatoms. The molecular weight excluding hydrogens is 291 g/mol. The molecule has 1 aliphatic rings. The summed E-state index contributed by atoms with van der Waals surface area (Å²) in [5.74, 6) is 2.76. The van der Waals surface area contributed by atoms with Crippen LogP contribution in [-0.4, -0.2) is 9.55 Å². The van der Waals surface area contributed by atoms with Crippen molar-refractivity contribution in [3.05, 3.63) is 29.0 Å². The van der Waals surface area contributed by atoms with Crippen molar-refractivity contribution in [3.63, 3.8) is 0 Å². The zero-order chi connectivity index (χ0) is 14.3. The zero-order valence-electron chi connectivity index (χ0n) is 11.9. The molecule has 3 unspecified atom stereocenters. The summed E-state index contributed by atoms with van der Waals surface area (Å²) in [5.41, 5.74) is 2.01. The number of alkyl halides is 1. The molecule has 0 aliphatic heterocycles. The summed E-state index contributed by atoms with van der Waals surface area (Å²) >= 11 is 12.4. The Bertz CT molecular complexity index is 620. The Balaban J connectivity index is 2.16. The lowest BCUT2D eigenvalue weighted by atomic mass is 9.78. The first kappa shape index (κ1) is 14.2. The molecule has 0 amide bonds. The number of hydrogen-bond acceptors (Lipinski definition) is 1. The van der Waals surface area contributed by atoms with E-state index in [0.717, 1.165) is 22.8 Å². The van der Waals surface area contributed by atoms with E-state index in [0.29, 0.717) is 22.9 Å². The highest BCUT2D eigenvalue weighted by Gasteiger charge is 2.31. The summed E-state index contributed by atoms with van der Waals surface area (Å²) in [7, 11) is 0. The Morgan fingerprint density at radius 2 is 2.10 bits per heavy atom. The van der Waals surface area contributed by atoms with E-state index in [1.54, 1.807) is 0 Å². The summed E-state index contributed by atoms with van der Waals surface area (Å²) < 4.78 is 2.34. The van der Waals surface area contributed by atoms with Crippen LogP contribution in [0.1, 0.15) is 45.0 Å². The number of fused-ring (bicyclic) bond motifs is 1. The minimum Gasteiger partial charge on any atom is -0.324 e. The number of aromatic nitrogens is 2. The van der Waals surface area contributed by atoms with Crippen LogP contribution in [0.2, 0.25) is 5.02 Å². The topological polar surface area (TPSA) is 17.8 Å². The summed E-state index contributed by atoms with van der Waals surface area (Å²) in [6.45, 7) is 4.70. The van der Waals surface area contributed by atoms with Gasteiger partial charge in [0.2, 0.25) is 0 Å². The van der Waals surface area contributed by atoms with Crippen LogP contribution < -0.4 is 0 Å². The number of nitrogens with zero attached hydrogens (tertiary/aromatic N) is 2. The highest BCUT2D eigenvalue weighted by molar-refractivity contribution is 6.35. The number of hydrogen-bond donors (Lipinski definition) is 0. The van der Waals surface area contributed by atoms with E-state index in [1.807, 2.05) is 12.1 Å². The molecule has 0 spiro atoms. The van der Waals surface area contributed by atoms with E-state index in [9.17, 15) is 0 Å². The summed E-state index contributed by atoms with van der Waals surface area (Å²) in [5, 5.41) is 0.712. The van der Waals surface area contributed by atoms with Gasteiger partial charge in [0.15, 0.2) is 0 Å². The SMILES string of the molecule is CC1CCCC(n2c(CCl)nc3c(Cl)cccc32)C1C. The van der Waals surface area contributed by atoms with Gasteiger partial charge in [-0.05, 0) is 30.4 Å². The largest absolute Gasteiger partial charge is 0.324 e. The Hall–Kier alpha value is -0.730. The van der Waals surface area contributed by atoms with Crippen LogP contribution in [-0.2, 0) is 5.88 Å². The molecule has 20 heavy (non-hydrogen) atoms. The standard InChI is InChI=1S/C16H20Cl2N2/c1-10-5-3-7-13(11(10)2)20-14-8-4-6-12(18)16(14)19-15(20)9-17/h4,6,8,10-11,13H,3,5,7,9H2,1-2H3. The number of benzene rings is 1. The lowest BCUT2D eigenvalue weighted by Crippen LogP contribution is -2.27. The first-order valence-corrected chi connectivity index (χ1v) is 8.26. The summed E-state index contributed by atoms with van der Waals surface area (Å²) in [6, 6.07) is 6.48. The van der Waals surface area contributed by atoms with Crippen LogP contribution in [0.3, 0.4) is 0 Å². The van der Waals surface area contributed by atoms with E-state index in [-0.39, 0.29) is 0 Å².